The van der Waals surface area contributed by atoms with Gasteiger partial charge in [-0.2, -0.15) is 26.3 Å². The Morgan fingerprint density at radius 2 is 1.46 bits per heavy atom. The molecular weight excluding hydrogens is 362 g/mol. The van der Waals surface area contributed by atoms with E-state index in [2.05, 4.69) is 4.98 Å². The fourth-order valence-electron chi connectivity index (χ4n) is 1.73. The molecule has 4 nitrogen and oxygen atoms in total. The van der Waals surface area contributed by atoms with E-state index in [4.69, 9.17) is 0 Å². The highest BCUT2D eigenvalue weighted by molar-refractivity contribution is 7.92. The van der Waals surface area contributed by atoms with Gasteiger partial charge in [-0.05, 0) is 30.3 Å². The number of anilines is 1. The lowest BCUT2D eigenvalue weighted by atomic mass is 10.1. The van der Waals surface area contributed by atoms with Crippen LogP contribution < -0.4 is 4.72 Å². The van der Waals surface area contributed by atoms with Gasteiger partial charge in [-0.25, -0.2) is 8.42 Å². The molecule has 0 saturated heterocycles. The summed E-state index contributed by atoms with van der Waals surface area (Å²) in [5, 5.41) is 0. The summed E-state index contributed by atoms with van der Waals surface area (Å²) in [5.41, 5.74) is -4.11. The molecular formula is C13H8F6N2O2S. The zero-order chi connectivity index (χ0) is 18.2. The van der Waals surface area contributed by atoms with Gasteiger partial charge in [0, 0.05) is 12.4 Å². The molecule has 0 amide bonds. The minimum absolute atomic E-state index is 0.0954. The Hall–Kier alpha value is -2.30. The molecule has 11 heteroatoms. The molecule has 0 aliphatic heterocycles. The van der Waals surface area contributed by atoms with Gasteiger partial charge in [0.05, 0.1) is 16.8 Å². The highest BCUT2D eigenvalue weighted by atomic mass is 32.2. The second-order valence-electron chi connectivity index (χ2n) is 4.59. The number of halogens is 6. The predicted molar refractivity (Wildman–Crippen MR) is 71.5 cm³/mol. The Bertz CT molecular complexity index is 800. The molecule has 0 unspecified atom stereocenters. The SMILES string of the molecule is O=S(=O)(Nc1cc(C(F)(F)F)cc(C(F)(F)F)c1)c1cccnc1. The maximum atomic E-state index is 12.7. The lowest BCUT2D eigenvalue weighted by Gasteiger charge is -2.15. The van der Waals surface area contributed by atoms with Crippen LogP contribution in [0.25, 0.3) is 0 Å². The summed E-state index contributed by atoms with van der Waals surface area (Å²) in [6.07, 6.45) is -7.99. The van der Waals surface area contributed by atoms with Gasteiger partial charge in [-0.15, -0.1) is 0 Å². The van der Waals surface area contributed by atoms with Gasteiger partial charge in [0.2, 0.25) is 0 Å². The van der Waals surface area contributed by atoms with Gasteiger partial charge in [0.15, 0.2) is 0 Å². The van der Waals surface area contributed by atoms with E-state index in [9.17, 15) is 34.8 Å². The van der Waals surface area contributed by atoms with Crippen molar-refractivity contribution >= 4 is 15.7 Å². The maximum Gasteiger partial charge on any atom is 0.416 e. The Labute approximate surface area is 132 Å². The molecule has 24 heavy (non-hydrogen) atoms. The number of benzene rings is 1. The highest BCUT2D eigenvalue weighted by Crippen LogP contribution is 2.37. The fraction of sp³-hybridized carbons (Fsp3) is 0.154. The van der Waals surface area contributed by atoms with Crippen molar-refractivity contribution in [2.45, 2.75) is 17.2 Å². The van der Waals surface area contributed by atoms with Gasteiger partial charge in [-0.1, -0.05) is 0 Å². The van der Waals surface area contributed by atoms with Crippen molar-refractivity contribution in [1.29, 1.82) is 0 Å². The molecule has 0 aliphatic carbocycles. The molecule has 0 aliphatic rings. The quantitative estimate of drug-likeness (QED) is 0.834. The molecule has 0 saturated carbocycles. The van der Waals surface area contributed by atoms with Gasteiger partial charge in [0.1, 0.15) is 4.90 Å². The summed E-state index contributed by atoms with van der Waals surface area (Å²) in [6, 6.07) is 2.81. The van der Waals surface area contributed by atoms with Crippen LogP contribution in [-0.2, 0) is 22.4 Å². The Balaban J connectivity index is 2.51. The van der Waals surface area contributed by atoms with E-state index >= 15 is 0 Å². The second kappa shape index (κ2) is 5.96. The van der Waals surface area contributed by atoms with E-state index < -0.39 is 44.1 Å². The number of rotatable bonds is 3. The normalized spacial score (nSPS) is 12.9. The standard InChI is InChI=1S/C13H8F6N2O2S/c14-12(15,16)8-4-9(13(17,18)19)6-10(5-8)21-24(22,23)11-2-1-3-20-7-11/h1-7,21H. The van der Waals surface area contributed by atoms with Gasteiger partial charge >= 0.3 is 12.4 Å². The van der Waals surface area contributed by atoms with Crippen molar-refractivity contribution in [3.05, 3.63) is 53.9 Å². The molecule has 0 atom stereocenters. The zero-order valence-electron chi connectivity index (χ0n) is 11.5. The van der Waals surface area contributed by atoms with E-state index in [1.54, 1.807) is 4.72 Å². The lowest BCUT2D eigenvalue weighted by Crippen LogP contribution is -2.16. The van der Waals surface area contributed by atoms with Crippen molar-refractivity contribution in [2.24, 2.45) is 0 Å². The van der Waals surface area contributed by atoms with E-state index in [0.29, 0.717) is 0 Å². The van der Waals surface area contributed by atoms with E-state index in [1.807, 2.05) is 0 Å². The summed E-state index contributed by atoms with van der Waals surface area (Å²) in [5.74, 6) is 0. The van der Waals surface area contributed by atoms with Crippen LogP contribution in [0.1, 0.15) is 11.1 Å². The number of hydrogen-bond acceptors (Lipinski definition) is 3. The van der Waals surface area contributed by atoms with Crippen LogP contribution in [0.5, 0.6) is 0 Å². The third kappa shape index (κ3) is 4.16. The molecule has 130 valence electrons. The van der Waals surface area contributed by atoms with Crippen molar-refractivity contribution in [3.63, 3.8) is 0 Å². The van der Waals surface area contributed by atoms with Gasteiger partial charge in [0.25, 0.3) is 10.0 Å². The topological polar surface area (TPSA) is 59.1 Å². The van der Waals surface area contributed by atoms with Crippen LogP contribution >= 0.6 is 0 Å². The number of hydrogen-bond donors (Lipinski definition) is 1. The van der Waals surface area contributed by atoms with Crippen LogP contribution in [0.3, 0.4) is 0 Å². The van der Waals surface area contributed by atoms with Crippen LogP contribution in [-0.4, -0.2) is 13.4 Å². The summed E-state index contributed by atoms with van der Waals surface area (Å²) in [6.45, 7) is 0. The smallest absolute Gasteiger partial charge is 0.280 e. The Morgan fingerprint density at radius 1 is 0.917 bits per heavy atom. The molecule has 0 spiro atoms. The van der Waals surface area contributed by atoms with E-state index in [0.717, 1.165) is 12.3 Å². The molecule has 2 rings (SSSR count). The lowest BCUT2D eigenvalue weighted by molar-refractivity contribution is -0.143. The fourth-order valence-corrected chi connectivity index (χ4v) is 2.74. The molecule has 1 N–H and O–H groups in total. The Kier molecular flexibility index (Phi) is 4.48. The average molecular weight is 370 g/mol. The van der Waals surface area contributed by atoms with Crippen molar-refractivity contribution in [3.8, 4) is 0 Å². The summed E-state index contributed by atoms with van der Waals surface area (Å²) in [7, 11) is -4.39. The third-order valence-corrected chi connectivity index (χ3v) is 4.15. The summed E-state index contributed by atoms with van der Waals surface area (Å²) >= 11 is 0. The number of sulfonamides is 1. The van der Waals surface area contributed by atoms with Crippen LogP contribution in [0, 0.1) is 0 Å². The molecule has 2 aromatic rings. The molecule has 0 radical (unpaired) electrons. The predicted octanol–water partition coefficient (Wildman–Crippen LogP) is 3.92. The van der Waals surface area contributed by atoms with Crippen molar-refractivity contribution in [2.75, 3.05) is 4.72 Å². The number of nitrogens with one attached hydrogen (secondary N) is 1. The highest BCUT2D eigenvalue weighted by Gasteiger charge is 2.37. The average Bonchev–Trinajstić information content (AvgIpc) is 2.45. The molecule has 1 heterocycles. The van der Waals surface area contributed by atoms with Crippen LogP contribution in [0.4, 0.5) is 32.0 Å². The molecule has 0 fully saturated rings. The first-order chi connectivity index (χ1) is 10.9. The first kappa shape index (κ1) is 18.0. The first-order valence-electron chi connectivity index (χ1n) is 6.12. The number of aromatic nitrogens is 1. The zero-order valence-corrected chi connectivity index (χ0v) is 12.3. The van der Waals surface area contributed by atoms with E-state index in [-0.39, 0.29) is 18.2 Å². The van der Waals surface area contributed by atoms with Crippen LogP contribution in [0.15, 0.2) is 47.6 Å². The number of nitrogens with zero attached hydrogens (tertiary/aromatic N) is 1. The number of alkyl halides is 6. The molecule has 1 aromatic heterocycles. The second-order valence-corrected chi connectivity index (χ2v) is 6.27. The molecule has 0 bridgehead atoms. The minimum Gasteiger partial charge on any atom is -0.280 e. The van der Waals surface area contributed by atoms with Gasteiger partial charge in [-0.3, -0.25) is 9.71 Å². The van der Waals surface area contributed by atoms with Crippen molar-refractivity contribution < 1.29 is 34.8 Å². The summed E-state index contributed by atoms with van der Waals surface area (Å²) in [4.78, 5) is 3.12. The monoisotopic (exact) mass is 370 g/mol. The van der Waals surface area contributed by atoms with Gasteiger partial charge < -0.3 is 0 Å². The van der Waals surface area contributed by atoms with E-state index in [1.165, 1.54) is 12.3 Å². The maximum absolute atomic E-state index is 12.7. The first-order valence-corrected chi connectivity index (χ1v) is 7.60. The largest absolute Gasteiger partial charge is 0.416 e. The number of pyridine rings is 1. The summed E-state index contributed by atoms with van der Waals surface area (Å²) < 4.78 is 102. The van der Waals surface area contributed by atoms with Crippen molar-refractivity contribution in [1.82, 2.24) is 4.98 Å². The Morgan fingerprint density at radius 3 is 1.88 bits per heavy atom. The van der Waals surface area contributed by atoms with Crippen LogP contribution in [0.2, 0.25) is 0 Å². The molecule has 1 aromatic carbocycles. The minimum atomic E-state index is -5.07. The third-order valence-electron chi connectivity index (χ3n) is 2.78.